The topological polar surface area (TPSA) is 93.6 Å². The van der Waals surface area contributed by atoms with E-state index >= 15 is 0 Å². The SMILES string of the molecule is Cn1nc2c(=O)n(C3CC3)cnc2c1C(=O)c1ccc(C(F)F)c(C#N)c1. The number of fused-ring (bicyclic) bond motifs is 1. The molecule has 4 rings (SSSR count). The zero-order valence-corrected chi connectivity index (χ0v) is 14.2. The van der Waals surface area contributed by atoms with Crippen LogP contribution in [0.1, 0.15) is 52.5 Å². The number of rotatable bonds is 4. The van der Waals surface area contributed by atoms with E-state index in [0.717, 1.165) is 25.0 Å². The predicted molar refractivity (Wildman–Crippen MR) is 90.6 cm³/mol. The molecule has 2 aromatic heterocycles. The maximum atomic E-state index is 12.9. The van der Waals surface area contributed by atoms with Gasteiger partial charge in [-0.15, -0.1) is 0 Å². The monoisotopic (exact) mass is 369 g/mol. The fourth-order valence-corrected chi connectivity index (χ4v) is 3.06. The number of halogens is 2. The maximum Gasteiger partial charge on any atom is 0.282 e. The van der Waals surface area contributed by atoms with Crippen molar-refractivity contribution in [1.82, 2.24) is 19.3 Å². The third kappa shape index (κ3) is 2.70. The molecule has 136 valence electrons. The van der Waals surface area contributed by atoms with E-state index in [0.29, 0.717) is 0 Å². The molecule has 2 heterocycles. The van der Waals surface area contributed by atoms with Crippen LogP contribution in [0.5, 0.6) is 0 Å². The van der Waals surface area contributed by atoms with Crippen LogP contribution in [0, 0.1) is 11.3 Å². The Balaban J connectivity index is 1.84. The van der Waals surface area contributed by atoms with Gasteiger partial charge in [0, 0.05) is 24.2 Å². The number of alkyl halides is 2. The van der Waals surface area contributed by atoms with E-state index < -0.39 is 17.8 Å². The second-order valence-corrected chi connectivity index (χ2v) is 6.40. The molecule has 0 saturated heterocycles. The largest absolute Gasteiger partial charge is 0.294 e. The molecule has 9 heteroatoms. The molecule has 1 aliphatic rings. The molecule has 1 aromatic carbocycles. The van der Waals surface area contributed by atoms with Crippen molar-refractivity contribution in [2.45, 2.75) is 25.3 Å². The van der Waals surface area contributed by atoms with Gasteiger partial charge in [0.15, 0.2) is 5.52 Å². The number of benzene rings is 1. The molecule has 0 N–H and O–H groups in total. The summed E-state index contributed by atoms with van der Waals surface area (Å²) in [7, 11) is 1.51. The lowest BCUT2D eigenvalue weighted by Gasteiger charge is -2.06. The van der Waals surface area contributed by atoms with Crippen molar-refractivity contribution in [3.63, 3.8) is 0 Å². The van der Waals surface area contributed by atoms with E-state index in [2.05, 4.69) is 10.1 Å². The first-order valence-corrected chi connectivity index (χ1v) is 8.23. The van der Waals surface area contributed by atoms with E-state index in [1.54, 1.807) is 6.07 Å². The molecule has 0 aliphatic heterocycles. The Kier molecular flexibility index (Phi) is 3.84. The summed E-state index contributed by atoms with van der Waals surface area (Å²) in [5.74, 6) is -0.548. The van der Waals surface area contributed by atoms with Crippen LogP contribution in [0.2, 0.25) is 0 Å². The Morgan fingerprint density at radius 1 is 1.33 bits per heavy atom. The zero-order valence-electron chi connectivity index (χ0n) is 14.2. The van der Waals surface area contributed by atoms with Crippen LogP contribution in [-0.2, 0) is 7.05 Å². The first kappa shape index (κ1) is 17.0. The number of carbonyl (C=O) groups excluding carboxylic acids is 1. The number of ketones is 1. The van der Waals surface area contributed by atoms with Gasteiger partial charge in [-0.05, 0) is 18.9 Å². The van der Waals surface area contributed by atoms with Crippen molar-refractivity contribution in [1.29, 1.82) is 5.26 Å². The number of hydrogen-bond donors (Lipinski definition) is 0. The minimum Gasteiger partial charge on any atom is -0.294 e. The van der Waals surface area contributed by atoms with E-state index in [1.807, 2.05) is 0 Å². The molecular formula is C18H13F2N5O2. The highest BCUT2D eigenvalue weighted by molar-refractivity contribution is 6.14. The van der Waals surface area contributed by atoms with Crippen LogP contribution in [0.15, 0.2) is 29.3 Å². The summed E-state index contributed by atoms with van der Waals surface area (Å²) in [6, 6.07) is 5.21. The molecule has 7 nitrogen and oxygen atoms in total. The molecule has 27 heavy (non-hydrogen) atoms. The van der Waals surface area contributed by atoms with Crippen molar-refractivity contribution >= 4 is 16.8 Å². The Hall–Kier alpha value is -3.41. The number of nitriles is 1. The fourth-order valence-electron chi connectivity index (χ4n) is 3.06. The van der Waals surface area contributed by atoms with Gasteiger partial charge in [0.05, 0.1) is 18.0 Å². The Morgan fingerprint density at radius 3 is 2.70 bits per heavy atom. The fraction of sp³-hybridized carbons (Fsp3) is 0.278. The van der Waals surface area contributed by atoms with Gasteiger partial charge in [-0.25, -0.2) is 13.8 Å². The lowest BCUT2D eigenvalue weighted by Crippen LogP contribution is -2.19. The molecule has 0 unspecified atom stereocenters. The van der Waals surface area contributed by atoms with Gasteiger partial charge in [0.2, 0.25) is 5.78 Å². The summed E-state index contributed by atoms with van der Waals surface area (Å²) in [6.07, 6.45) is 0.392. The first-order valence-electron chi connectivity index (χ1n) is 8.23. The summed E-state index contributed by atoms with van der Waals surface area (Å²) in [6.45, 7) is 0. The van der Waals surface area contributed by atoms with Crippen LogP contribution in [-0.4, -0.2) is 25.1 Å². The Morgan fingerprint density at radius 2 is 2.07 bits per heavy atom. The molecule has 0 spiro atoms. The second-order valence-electron chi connectivity index (χ2n) is 6.40. The van der Waals surface area contributed by atoms with Crippen molar-refractivity contribution in [3.8, 4) is 6.07 Å². The van der Waals surface area contributed by atoms with Crippen molar-refractivity contribution < 1.29 is 13.6 Å². The molecule has 1 aliphatic carbocycles. The average molecular weight is 369 g/mol. The van der Waals surface area contributed by atoms with Crippen molar-refractivity contribution in [2.24, 2.45) is 7.05 Å². The number of hydrogen-bond acceptors (Lipinski definition) is 5. The third-order valence-electron chi connectivity index (χ3n) is 4.60. The Labute approximate surface area is 151 Å². The molecule has 1 fully saturated rings. The minimum absolute atomic E-state index is 0.0500. The number of carbonyl (C=O) groups is 1. The van der Waals surface area contributed by atoms with Gasteiger partial charge in [-0.3, -0.25) is 18.8 Å². The molecular weight excluding hydrogens is 356 g/mol. The van der Waals surface area contributed by atoms with Gasteiger partial charge in [-0.1, -0.05) is 12.1 Å². The van der Waals surface area contributed by atoms with Crippen LogP contribution < -0.4 is 5.56 Å². The highest BCUT2D eigenvalue weighted by atomic mass is 19.3. The third-order valence-corrected chi connectivity index (χ3v) is 4.60. The van der Waals surface area contributed by atoms with E-state index in [1.165, 1.54) is 28.7 Å². The molecule has 0 atom stereocenters. The standard InChI is InChI=1S/C18H13F2N5O2/c1-24-15(13-14(23-24)18(27)25(8-22-13)11-3-4-11)16(26)9-2-5-12(17(19)20)10(6-9)7-21/h2,5-6,8,11,17H,3-4H2,1H3. The summed E-state index contributed by atoms with van der Waals surface area (Å²) in [5.41, 5.74) is -0.669. The van der Waals surface area contributed by atoms with Crippen LogP contribution in [0.25, 0.3) is 11.0 Å². The van der Waals surface area contributed by atoms with E-state index in [4.69, 9.17) is 5.26 Å². The normalized spacial score (nSPS) is 13.9. The van der Waals surface area contributed by atoms with Gasteiger partial charge in [0.1, 0.15) is 11.2 Å². The molecule has 0 radical (unpaired) electrons. The molecule has 3 aromatic rings. The number of aromatic nitrogens is 4. The summed E-state index contributed by atoms with van der Waals surface area (Å²) in [4.78, 5) is 29.7. The van der Waals surface area contributed by atoms with E-state index in [-0.39, 0.29) is 39.5 Å². The predicted octanol–water partition coefficient (Wildman–Crippen LogP) is 2.51. The maximum absolute atomic E-state index is 12.9. The van der Waals surface area contributed by atoms with Crippen molar-refractivity contribution in [2.75, 3.05) is 0 Å². The average Bonchev–Trinajstić information content (AvgIpc) is 3.43. The lowest BCUT2D eigenvalue weighted by atomic mass is 10.0. The molecule has 0 bridgehead atoms. The number of aryl methyl sites for hydroxylation is 1. The molecule has 1 saturated carbocycles. The summed E-state index contributed by atoms with van der Waals surface area (Å²) < 4.78 is 28.7. The summed E-state index contributed by atoms with van der Waals surface area (Å²) in [5, 5.41) is 13.2. The van der Waals surface area contributed by atoms with Crippen LogP contribution >= 0.6 is 0 Å². The quantitative estimate of drug-likeness (QED) is 0.659. The Bertz CT molecular complexity index is 1180. The van der Waals surface area contributed by atoms with Crippen molar-refractivity contribution in [3.05, 3.63) is 57.3 Å². The lowest BCUT2D eigenvalue weighted by molar-refractivity contribution is 0.103. The first-order chi connectivity index (χ1) is 12.9. The highest BCUT2D eigenvalue weighted by Gasteiger charge is 2.28. The summed E-state index contributed by atoms with van der Waals surface area (Å²) >= 11 is 0. The number of nitrogens with zero attached hydrogens (tertiary/aromatic N) is 5. The van der Waals surface area contributed by atoms with Gasteiger partial charge in [0.25, 0.3) is 12.0 Å². The smallest absolute Gasteiger partial charge is 0.282 e. The molecule has 0 amide bonds. The zero-order chi connectivity index (χ0) is 19.3. The van der Waals surface area contributed by atoms with Crippen LogP contribution in [0.4, 0.5) is 8.78 Å². The van der Waals surface area contributed by atoms with Crippen LogP contribution in [0.3, 0.4) is 0 Å². The van der Waals surface area contributed by atoms with E-state index in [9.17, 15) is 18.4 Å². The van der Waals surface area contributed by atoms with Gasteiger partial charge < -0.3 is 0 Å². The van der Waals surface area contributed by atoms with Gasteiger partial charge in [-0.2, -0.15) is 10.4 Å². The second kappa shape index (κ2) is 6.09. The minimum atomic E-state index is -2.82. The van der Waals surface area contributed by atoms with Gasteiger partial charge >= 0.3 is 0 Å². The highest BCUT2D eigenvalue weighted by Crippen LogP contribution is 2.33.